The Labute approximate surface area is 99.5 Å². The standard InChI is InChI=1S/C13H14FN3/c14-12-7-2-1-6-11(12)13(17-15)9-10-5-3-4-8-16-10/h1-8,13,17H,9,15H2. The molecule has 0 amide bonds. The van der Waals surface area contributed by atoms with Crippen LogP contribution in [0.5, 0.6) is 0 Å². The molecule has 4 heteroatoms. The highest BCUT2D eigenvalue weighted by Gasteiger charge is 2.14. The van der Waals surface area contributed by atoms with Crippen molar-refractivity contribution in [1.82, 2.24) is 10.4 Å². The van der Waals surface area contributed by atoms with E-state index in [0.717, 1.165) is 5.69 Å². The molecule has 1 aromatic heterocycles. The minimum Gasteiger partial charge on any atom is -0.271 e. The number of hydrogen-bond acceptors (Lipinski definition) is 3. The molecule has 1 aromatic carbocycles. The number of nitrogens with zero attached hydrogens (tertiary/aromatic N) is 1. The molecule has 0 bridgehead atoms. The van der Waals surface area contributed by atoms with Crippen LogP contribution in [0.4, 0.5) is 4.39 Å². The van der Waals surface area contributed by atoms with Gasteiger partial charge in [-0.05, 0) is 18.2 Å². The summed E-state index contributed by atoms with van der Waals surface area (Å²) in [5, 5.41) is 0. The number of pyridine rings is 1. The van der Waals surface area contributed by atoms with E-state index < -0.39 is 0 Å². The van der Waals surface area contributed by atoms with Gasteiger partial charge in [-0.2, -0.15) is 0 Å². The zero-order chi connectivity index (χ0) is 12.1. The second-order valence-corrected chi connectivity index (χ2v) is 3.77. The Kier molecular flexibility index (Phi) is 3.80. The lowest BCUT2D eigenvalue weighted by atomic mass is 10.0. The van der Waals surface area contributed by atoms with Crippen molar-refractivity contribution in [1.29, 1.82) is 0 Å². The molecule has 0 aliphatic carbocycles. The van der Waals surface area contributed by atoms with Crippen molar-refractivity contribution in [2.45, 2.75) is 12.5 Å². The van der Waals surface area contributed by atoms with Crippen molar-refractivity contribution in [2.24, 2.45) is 5.84 Å². The predicted octanol–water partition coefficient (Wildman–Crippen LogP) is 1.97. The molecule has 3 nitrogen and oxygen atoms in total. The van der Waals surface area contributed by atoms with E-state index in [0.29, 0.717) is 12.0 Å². The number of aromatic nitrogens is 1. The maximum atomic E-state index is 13.6. The normalized spacial score (nSPS) is 12.4. The zero-order valence-electron chi connectivity index (χ0n) is 9.31. The summed E-state index contributed by atoms with van der Waals surface area (Å²) in [6.45, 7) is 0. The first-order valence-corrected chi connectivity index (χ1v) is 5.41. The van der Waals surface area contributed by atoms with E-state index in [1.165, 1.54) is 6.07 Å². The number of benzene rings is 1. The minimum absolute atomic E-state index is 0.258. The third-order valence-corrected chi connectivity index (χ3v) is 2.62. The van der Waals surface area contributed by atoms with Gasteiger partial charge in [-0.1, -0.05) is 24.3 Å². The van der Waals surface area contributed by atoms with E-state index in [9.17, 15) is 4.39 Å². The highest BCUT2D eigenvalue weighted by Crippen LogP contribution is 2.19. The van der Waals surface area contributed by atoms with Crippen LogP contribution in [0.2, 0.25) is 0 Å². The van der Waals surface area contributed by atoms with E-state index in [4.69, 9.17) is 5.84 Å². The molecule has 17 heavy (non-hydrogen) atoms. The molecule has 0 radical (unpaired) electrons. The van der Waals surface area contributed by atoms with E-state index >= 15 is 0 Å². The quantitative estimate of drug-likeness (QED) is 0.624. The van der Waals surface area contributed by atoms with Gasteiger partial charge >= 0.3 is 0 Å². The molecule has 0 spiro atoms. The molecule has 3 N–H and O–H groups in total. The predicted molar refractivity (Wildman–Crippen MR) is 64.4 cm³/mol. The number of nitrogens with one attached hydrogen (secondary N) is 1. The Balaban J connectivity index is 2.21. The van der Waals surface area contributed by atoms with Gasteiger partial charge in [0.1, 0.15) is 5.82 Å². The summed E-state index contributed by atoms with van der Waals surface area (Å²) in [4.78, 5) is 4.20. The lowest BCUT2D eigenvalue weighted by Crippen LogP contribution is -2.30. The number of rotatable bonds is 4. The lowest BCUT2D eigenvalue weighted by Gasteiger charge is -2.16. The van der Waals surface area contributed by atoms with Crippen LogP contribution in [0.25, 0.3) is 0 Å². The van der Waals surface area contributed by atoms with E-state index in [1.807, 2.05) is 18.2 Å². The Bertz CT molecular complexity index is 473. The number of halogens is 1. The summed E-state index contributed by atoms with van der Waals surface area (Å²) >= 11 is 0. The van der Waals surface area contributed by atoms with E-state index in [2.05, 4.69) is 10.4 Å². The average molecular weight is 231 g/mol. The summed E-state index contributed by atoms with van der Waals surface area (Å²) in [6.07, 6.45) is 2.27. The number of hydrazine groups is 1. The maximum Gasteiger partial charge on any atom is 0.128 e. The zero-order valence-corrected chi connectivity index (χ0v) is 9.31. The third kappa shape index (κ3) is 2.87. The molecule has 1 heterocycles. The minimum atomic E-state index is -0.272. The van der Waals surface area contributed by atoms with Crippen LogP contribution in [-0.2, 0) is 6.42 Å². The van der Waals surface area contributed by atoms with Crippen molar-refractivity contribution in [3.63, 3.8) is 0 Å². The molecule has 0 aliphatic rings. The molecule has 88 valence electrons. The number of hydrogen-bond donors (Lipinski definition) is 2. The first-order chi connectivity index (χ1) is 8.31. The second kappa shape index (κ2) is 5.52. The molecular weight excluding hydrogens is 217 g/mol. The summed E-state index contributed by atoms with van der Waals surface area (Å²) < 4.78 is 13.6. The highest BCUT2D eigenvalue weighted by molar-refractivity contribution is 5.22. The van der Waals surface area contributed by atoms with Gasteiger partial charge in [-0.15, -0.1) is 0 Å². The highest BCUT2D eigenvalue weighted by atomic mass is 19.1. The fourth-order valence-corrected chi connectivity index (χ4v) is 1.74. The monoisotopic (exact) mass is 231 g/mol. The fraction of sp³-hybridized carbons (Fsp3) is 0.154. The lowest BCUT2D eigenvalue weighted by molar-refractivity contribution is 0.507. The van der Waals surface area contributed by atoms with E-state index in [1.54, 1.807) is 24.4 Å². The van der Waals surface area contributed by atoms with Gasteiger partial charge in [-0.25, -0.2) is 4.39 Å². The first-order valence-electron chi connectivity index (χ1n) is 5.41. The largest absolute Gasteiger partial charge is 0.271 e. The second-order valence-electron chi connectivity index (χ2n) is 3.77. The molecule has 0 fully saturated rings. The molecule has 0 aliphatic heterocycles. The van der Waals surface area contributed by atoms with Crippen LogP contribution in [0.15, 0.2) is 48.7 Å². The van der Waals surface area contributed by atoms with Gasteiger partial charge in [0.25, 0.3) is 0 Å². The Hall–Kier alpha value is -1.78. The molecular formula is C13H14FN3. The molecule has 2 rings (SSSR count). The number of nitrogens with two attached hydrogens (primary N) is 1. The van der Waals surface area contributed by atoms with Crippen LogP contribution in [-0.4, -0.2) is 4.98 Å². The van der Waals surface area contributed by atoms with Crippen LogP contribution in [0.3, 0.4) is 0 Å². The van der Waals surface area contributed by atoms with Crippen LogP contribution >= 0.6 is 0 Å². The molecule has 2 aromatic rings. The van der Waals surface area contributed by atoms with Crippen molar-refractivity contribution in [3.8, 4) is 0 Å². The molecule has 1 unspecified atom stereocenters. The summed E-state index contributed by atoms with van der Waals surface area (Å²) in [5.41, 5.74) is 4.06. The van der Waals surface area contributed by atoms with E-state index in [-0.39, 0.29) is 11.9 Å². The van der Waals surface area contributed by atoms with Gasteiger partial charge < -0.3 is 0 Å². The van der Waals surface area contributed by atoms with Gasteiger partial charge in [0, 0.05) is 23.9 Å². The Morgan fingerprint density at radius 1 is 1.18 bits per heavy atom. The molecule has 1 atom stereocenters. The van der Waals surface area contributed by atoms with Gasteiger partial charge in [0.2, 0.25) is 0 Å². The topological polar surface area (TPSA) is 50.9 Å². The van der Waals surface area contributed by atoms with Crippen molar-refractivity contribution < 1.29 is 4.39 Å². The van der Waals surface area contributed by atoms with Crippen molar-refractivity contribution >= 4 is 0 Å². The summed E-state index contributed by atoms with van der Waals surface area (Å²) in [7, 11) is 0. The fourth-order valence-electron chi connectivity index (χ4n) is 1.74. The van der Waals surface area contributed by atoms with Crippen molar-refractivity contribution in [2.75, 3.05) is 0 Å². The van der Waals surface area contributed by atoms with Crippen LogP contribution < -0.4 is 11.3 Å². The van der Waals surface area contributed by atoms with Gasteiger partial charge in [0.05, 0.1) is 6.04 Å². The molecule has 0 saturated carbocycles. The Morgan fingerprint density at radius 3 is 2.59 bits per heavy atom. The third-order valence-electron chi connectivity index (χ3n) is 2.62. The van der Waals surface area contributed by atoms with Gasteiger partial charge in [-0.3, -0.25) is 16.3 Å². The van der Waals surface area contributed by atoms with Crippen LogP contribution in [0, 0.1) is 5.82 Å². The van der Waals surface area contributed by atoms with Gasteiger partial charge in [0.15, 0.2) is 0 Å². The summed E-state index contributed by atoms with van der Waals surface area (Å²) in [6, 6.07) is 12.0. The maximum absolute atomic E-state index is 13.6. The van der Waals surface area contributed by atoms with Crippen LogP contribution in [0.1, 0.15) is 17.3 Å². The molecule has 0 saturated heterocycles. The Morgan fingerprint density at radius 2 is 1.94 bits per heavy atom. The van der Waals surface area contributed by atoms with Crippen molar-refractivity contribution in [3.05, 3.63) is 65.7 Å². The smallest absolute Gasteiger partial charge is 0.128 e. The first kappa shape index (κ1) is 11.7. The SMILES string of the molecule is NNC(Cc1ccccn1)c1ccccc1F. The average Bonchev–Trinajstić information content (AvgIpc) is 2.38. The summed E-state index contributed by atoms with van der Waals surface area (Å²) in [5.74, 6) is 5.22.